The first-order chi connectivity index (χ1) is 8.63. The van der Waals surface area contributed by atoms with Gasteiger partial charge in [0.2, 0.25) is 0 Å². The lowest BCUT2D eigenvalue weighted by Crippen LogP contribution is -2.08. The Hall–Kier alpha value is -1.38. The van der Waals surface area contributed by atoms with Gasteiger partial charge in [0, 0.05) is 14.2 Å². The van der Waals surface area contributed by atoms with E-state index in [0.29, 0.717) is 5.75 Å². The second-order valence-corrected chi connectivity index (χ2v) is 5.71. The normalized spacial score (nSPS) is 10.8. The van der Waals surface area contributed by atoms with Gasteiger partial charge in [-0.05, 0) is 12.1 Å². The minimum Gasteiger partial charge on any atom is -0.488 e. The maximum atomic E-state index is 11.8. The van der Waals surface area contributed by atoms with Crippen molar-refractivity contribution in [3.63, 3.8) is 0 Å². The highest BCUT2D eigenvalue weighted by molar-refractivity contribution is 7.54. The van der Waals surface area contributed by atoms with Gasteiger partial charge < -0.3 is 13.8 Å². The molecule has 0 amide bonds. The summed E-state index contributed by atoms with van der Waals surface area (Å²) in [5, 5.41) is 0. The van der Waals surface area contributed by atoms with Crippen LogP contribution in [0.2, 0.25) is 0 Å². The van der Waals surface area contributed by atoms with Gasteiger partial charge in [-0.2, -0.15) is 0 Å². The van der Waals surface area contributed by atoms with E-state index in [-0.39, 0.29) is 18.3 Å². The average Bonchev–Trinajstić information content (AvgIpc) is 2.44. The lowest BCUT2D eigenvalue weighted by Gasteiger charge is -2.14. The molecule has 0 radical (unpaired) electrons. The van der Waals surface area contributed by atoms with Gasteiger partial charge in [0.25, 0.3) is 0 Å². The predicted octanol–water partition coefficient (Wildman–Crippen LogP) is 2.31. The molecule has 0 N–H and O–H groups in total. The molecule has 0 aliphatic rings. The molecule has 0 aliphatic carbocycles. The molecule has 1 aromatic rings. The summed E-state index contributed by atoms with van der Waals surface area (Å²) < 4.78 is 26.7. The van der Waals surface area contributed by atoms with E-state index in [4.69, 9.17) is 13.8 Å². The molecule has 0 unspecified atom stereocenters. The highest BCUT2D eigenvalue weighted by Gasteiger charge is 2.24. The molecule has 5 nitrogen and oxygen atoms in total. The Labute approximate surface area is 106 Å². The second kappa shape index (κ2) is 7.14. The molecule has 0 heterocycles. The molecule has 0 atom stereocenters. The third-order valence-corrected chi connectivity index (χ3v) is 4.12. The lowest BCUT2D eigenvalue weighted by atomic mass is 10.3. The smallest absolute Gasteiger partial charge is 0.335 e. The van der Waals surface area contributed by atoms with Crippen LogP contribution >= 0.6 is 7.60 Å². The quantitative estimate of drug-likeness (QED) is 0.562. The molecule has 0 fully saturated rings. The first-order valence-corrected chi connectivity index (χ1v) is 6.97. The lowest BCUT2D eigenvalue weighted by molar-refractivity contribution is 0.275. The van der Waals surface area contributed by atoms with Crippen LogP contribution in [0.5, 0.6) is 5.75 Å². The van der Waals surface area contributed by atoms with Crippen LogP contribution in [0.1, 0.15) is 0 Å². The van der Waals surface area contributed by atoms with Gasteiger partial charge in [-0.1, -0.05) is 18.2 Å². The van der Waals surface area contributed by atoms with Crippen LogP contribution in [0, 0.1) is 0 Å². The molecule has 0 bridgehead atoms. The molecule has 1 aromatic carbocycles. The molecule has 6 heteroatoms. The minimum atomic E-state index is -3.25. The van der Waals surface area contributed by atoms with Crippen molar-refractivity contribution in [3.05, 3.63) is 35.9 Å². The summed E-state index contributed by atoms with van der Waals surface area (Å²) in [7, 11) is -0.717. The van der Waals surface area contributed by atoms with E-state index >= 15 is 0 Å². The van der Waals surface area contributed by atoms with Crippen molar-refractivity contribution >= 4 is 13.5 Å². The monoisotopic (exact) mass is 270 g/mol. The molecule has 1 rings (SSSR count). The van der Waals surface area contributed by atoms with Crippen molar-refractivity contribution in [2.24, 2.45) is 0 Å². The number of hydrogen-bond donors (Lipinski definition) is 0. The third-order valence-electron chi connectivity index (χ3n) is 2.24. The maximum Gasteiger partial charge on any atom is 0.335 e. The Morgan fingerprint density at radius 3 is 2.33 bits per heavy atom. The van der Waals surface area contributed by atoms with Crippen molar-refractivity contribution in [2.45, 2.75) is 0 Å². The molecule has 0 spiro atoms. The van der Waals surface area contributed by atoms with Crippen molar-refractivity contribution in [3.8, 4) is 5.75 Å². The zero-order chi connectivity index (χ0) is 13.4. The fourth-order valence-electron chi connectivity index (χ4n) is 1.23. The number of hydrogen-bond acceptors (Lipinski definition) is 5. The average molecular weight is 270 g/mol. The summed E-state index contributed by atoms with van der Waals surface area (Å²) in [6.07, 6.45) is -0.129. The maximum absolute atomic E-state index is 11.8. The van der Waals surface area contributed by atoms with Crippen molar-refractivity contribution < 1.29 is 23.1 Å². The first kappa shape index (κ1) is 14.7. The van der Waals surface area contributed by atoms with Crippen LogP contribution in [0.15, 0.2) is 35.9 Å². The van der Waals surface area contributed by atoms with Crippen LogP contribution in [0.25, 0.3) is 0 Å². The van der Waals surface area contributed by atoms with Crippen molar-refractivity contribution in [1.82, 2.24) is 0 Å². The predicted molar refractivity (Wildman–Crippen MR) is 67.6 cm³/mol. The van der Waals surface area contributed by atoms with Crippen LogP contribution < -0.4 is 4.74 Å². The number of carbonyl (C=O) groups excluding carboxylic acids is 1. The molecule has 0 aliphatic heterocycles. The van der Waals surface area contributed by atoms with Gasteiger partial charge in [-0.15, -0.1) is 0 Å². The molecule has 98 valence electrons. The Bertz CT molecular complexity index is 457. The largest absolute Gasteiger partial charge is 0.488 e. The van der Waals surface area contributed by atoms with E-state index in [1.165, 1.54) is 14.2 Å². The van der Waals surface area contributed by atoms with Crippen LogP contribution in [0.4, 0.5) is 0 Å². The Morgan fingerprint density at radius 1 is 1.22 bits per heavy atom. The SMILES string of the molecule is COP(=O)(CC(=C=O)COc1ccccc1)OC. The number of ether oxygens (including phenoxy) is 1. The van der Waals surface area contributed by atoms with Gasteiger partial charge in [0.15, 0.2) is 0 Å². The minimum absolute atomic E-state index is 0.00419. The van der Waals surface area contributed by atoms with Gasteiger partial charge in [0.1, 0.15) is 18.3 Å². The number of para-hydroxylation sites is 1. The summed E-state index contributed by atoms with van der Waals surface area (Å²) in [4.78, 5) is 10.8. The fourth-order valence-corrected chi connectivity index (χ4v) is 2.26. The van der Waals surface area contributed by atoms with Crippen molar-refractivity contribution in [2.75, 3.05) is 27.0 Å². The van der Waals surface area contributed by atoms with Crippen LogP contribution in [-0.2, 0) is 18.4 Å². The van der Waals surface area contributed by atoms with Gasteiger partial charge in [-0.25, -0.2) is 4.79 Å². The van der Waals surface area contributed by atoms with E-state index in [0.717, 1.165) is 0 Å². The van der Waals surface area contributed by atoms with Gasteiger partial charge in [-0.3, -0.25) is 4.57 Å². The standard InChI is InChI=1S/C12H15O5P/c1-15-18(14,16-2)10-11(8-13)9-17-12-6-4-3-5-7-12/h3-7H,9-10H2,1-2H3. The Morgan fingerprint density at radius 2 is 1.83 bits per heavy atom. The molecular weight excluding hydrogens is 255 g/mol. The molecule has 0 saturated heterocycles. The summed E-state index contributed by atoms with van der Waals surface area (Å²) in [6.45, 7) is 0.00419. The van der Waals surface area contributed by atoms with Crippen LogP contribution in [0.3, 0.4) is 0 Å². The summed E-state index contributed by atoms with van der Waals surface area (Å²) in [5.74, 6) is 2.33. The Kier molecular flexibility index (Phi) is 5.83. The summed E-state index contributed by atoms with van der Waals surface area (Å²) in [5.41, 5.74) is 0.200. The molecule has 0 saturated carbocycles. The topological polar surface area (TPSA) is 61.8 Å². The zero-order valence-electron chi connectivity index (χ0n) is 10.3. The number of rotatable bonds is 7. The number of benzene rings is 1. The van der Waals surface area contributed by atoms with Crippen LogP contribution in [-0.4, -0.2) is 32.9 Å². The van der Waals surface area contributed by atoms with Crippen molar-refractivity contribution in [1.29, 1.82) is 0 Å². The second-order valence-electron chi connectivity index (χ2n) is 3.44. The highest BCUT2D eigenvalue weighted by Crippen LogP contribution is 2.47. The fraction of sp³-hybridized carbons (Fsp3) is 0.333. The molecule has 18 heavy (non-hydrogen) atoms. The molecule has 0 aromatic heterocycles. The first-order valence-electron chi connectivity index (χ1n) is 5.25. The van der Waals surface area contributed by atoms with E-state index < -0.39 is 7.60 Å². The molecular formula is C12H15O5P. The zero-order valence-corrected chi connectivity index (χ0v) is 11.2. The van der Waals surface area contributed by atoms with E-state index in [9.17, 15) is 9.36 Å². The Balaban J connectivity index is 2.59. The van der Waals surface area contributed by atoms with Gasteiger partial charge in [0.05, 0.1) is 11.7 Å². The van der Waals surface area contributed by atoms with E-state index in [1.807, 2.05) is 18.2 Å². The van der Waals surface area contributed by atoms with Gasteiger partial charge >= 0.3 is 7.60 Å². The summed E-state index contributed by atoms with van der Waals surface area (Å²) in [6, 6.07) is 9.00. The van der Waals surface area contributed by atoms with E-state index in [2.05, 4.69) is 0 Å². The summed E-state index contributed by atoms with van der Waals surface area (Å²) >= 11 is 0. The van der Waals surface area contributed by atoms with E-state index in [1.54, 1.807) is 18.1 Å². The highest BCUT2D eigenvalue weighted by atomic mass is 31.2. The third kappa shape index (κ3) is 4.47.